The van der Waals surface area contributed by atoms with Crippen LogP contribution in [0.25, 0.3) is 6.08 Å². The maximum Gasteiger partial charge on any atom is 0.410 e. The molecule has 0 fully saturated rings. The molecule has 0 aliphatic carbocycles. The third kappa shape index (κ3) is 4.79. The van der Waals surface area contributed by atoms with E-state index in [1.807, 2.05) is 51.1 Å². The number of rotatable bonds is 3. The number of amides is 2. The van der Waals surface area contributed by atoms with E-state index in [9.17, 15) is 9.59 Å². The third-order valence-electron chi connectivity index (χ3n) is 4.32. The van der Waals surface area contributed by atoms with E-state index in [2.05, 4.69) is 10.4 Å². The summed E-state index contributed by atoms with van der Waals surface area (Å²) in [7, 11) is 1.78. The van der Waals surface area contributed by atoms with E-state index in [0.29, 0.717) is 25.3 Å². The first-order chi connectivity index (χ1) is 13.2. The van der Waals surface area contributed by atoms with Crippen molar-refractivity contribution in [2.75, 3.05) is 11.9 Å². The van der Waals surface area contributed by atoms with E-state index in [4.69, 9.17) is 4.74 Å². The molecule has 1 aromatic carbocycles. The molecule has 7 nitrogen and oxygen atoms in total. The van der Waals surface area contributed by atoms with E-state index in [1.165, 1.54) is 6.08 Å². The summed E-state index contributed by atoms with van der Waals surface area (Å²) in [4.78, 5) is 26.4. The van der Waals surface area contributed by atoms with Gasteiger partial charge in [0.15, 0.2) is 0 Å². The van der Waals surface area contributed by atoms with Crippen LogP contribution >= 0.6 is 0 Å². The Morgan fingerprint density at radius 2 is 1.93 bits per heavy atom. The summed E-state index contributed by atoms with van der Waals surface area (Å²) in [5, 5.41) is 7.38. The Morgan fingerprint density at radius 1 is 1.21 bits per heavy atom. The minimum atomic E-state index is -0.550. The number of aromatic nitrogens is 2. The number of carbonyl (C=O) groups excluding carboxylic acids is 2. The van der Waals surface area contributed by atoms with Crippen molar-refractivity contribution in [2.45, 2.75) is 39.3 Å². The van der Waals surface area contributed by atoms with Gasteiger partial charge in [-0.25, -0.2) is 4.79 Å². The fraction of sp³-hybridized carbons (Fsp3) is 0.381. The molecule has 28 heavy (non-hydrogen) atoms. The van der Waals surface area contributed by atoms with E-state index < -0.39 is 5.60 Å². The number of hydrogen-bond donors (Lipinski definition) is 1. The van der Waals surface area contributed by atoms with Crippen molar-refractivity contribution in [3.8, 4) is 0 Å². The highest BCUT2D eigenvalue weighted by Crippen LogP contribution is 2.27. The van der Waals surface area contributed by atoms with E-state index in [-0.39, 0.29) is 12.0 Å². The van der Waals surface area contributed by atoms with Gasteiger partial charge in [0.2, 0.25) is 5.91 Å². The topological polar surface area (TPSA) is 76.5 Å². The number of nitrogens with one attached hydrogen (secondary N) is 1. The van der Waals surface area contributed by atoms with Crippen LogP contribution < -0.4 is 5.32 Å². The maximum atomic E-state index is 12.4. The number of carbonyl (C=O) groups is 2. The van der Waals surface area contributed by atoms with E-state index >= 15 is 0 Å². The number of anilines is 1. The predicted octanol–water partition coefficient (Wildman–Crippen LogP) is 3.37. The molecule has 1 aromatic heterocycles. The molecule has 0 saturated carbocycles. The average Bonchev–Trinajstić information content (AvgIpc) is 2.94. The first kappa shape index (κ1) is 19.7. The van der Waals surface area contributed by atoms with Crippen LogP contribution in [-0.2, 0) is 29.5 Å². The highest BCUT2D eigenvalue weighted by molar-refractivity contribution is 6.02. The zero-order chi connectivity index (χ0) is 20.3. The van der Waals surface area contributed by atoms with Crippen LogP contribution in [0.4, 0.5) is 10.6 Å². The van der Waals surface area contributed by atoms with Gasteiger partial charge in [0, 0.05) is 31.7 Å². The second-order valence-corrected chi connectivity index (χ2v) is 7.78. The SMILES string of the molecule is Cn1nc2c(c1NC(=O)/C=C/c1ccccc1)CN(C(=O)OC(C)(C)C)CC2. The smallest absolute Gasteiger partial charge is 0.410 e. The van der Waals surface area contributed by atoms with E-state index in [0.717, 1.165) is 16.8 Å². The first-order valence-electron chi connectivity index (χ1n) is 9.30. The zero-order valence-corrected chi connectivity index (χ0v) is 16.7. The van der Waals surface area contributed by atoms with Crippen molar-refractivity contribution >= 4 is 23.9 Å². The summed E-state index contributed by atoms with van der Waals surface area (Å²) in [6, 6.07) is 9.61. The lowest BCUT2D eigenvalue weighted by molar-refractivity contribution is -0.111. The van der Waals surface area contributed by atoms with Crippen molar-refractivity contribution in [1.82, 2.24) is 14.7 Å². The summed E-state index contributed by atoms with van der Waals surface area (Å²) < 4.78 is 7.12. The van der Waals surface area contributed by atoms with Crippen LogP contribution in [0.1, 0.15) is 37.6 Å². The summed E-state index contributed by atoms with van der Waals surface area (Å²) in [6.07, 6.45) is 3.51. The van der Waals surface area contributed by atoms with Crippen LogP contribution in [0.2, 0.25) is 0 Å². The summed E-state index contributed by atoms with van der Waals surface area (Å²) in [5.41, 5.74) is 2.14. The second kappa shape index (κ2) is 7.88. The van der Waals surface area contributed by atoms with Crippen molar-refractivity contribution < 1.29 is 14.3 Å². The van der Waals surface area contributed by atoms with Gasteiger partial charge in [0.25, 0.3) is 0 Å². The standard InChI is InChI=1S/C21H26N4O3/c1-21(2,3)28-20(27)25-13-12-17-16(14-25)19(24(4)23-17)22-18(26)11-10-15-8-6-5-7-9-15/h5-11H,12-14H2,1-4H3,(H,22,26)/b11-10+. The summed E-state index contributed by atoms with van der Waals surface area (Å²) in [5.74, 6) is 0.356. The number of nitrogens with zero attached hydrogens (tertiary/aromatic N) is 3. The van der Waals surface area contributed by atoms with Crippen LogP contribution in [0.3, 0.4) is 0 Å². The molecule has 0 saturated heterocycles. The second-order valence-electron chi connectivity index (χ2n) is 7.78. The first-order valence-corrected chi connectivity index (χ1v) is 9.30. The molecular weight excluding hydrogens is 356 g/mol. The molecule has 0 radical (unpaired) electrons. The minimum Gasteiger partial charge on any atom is -0.444 e. The fourth-order valence-corrected chi connectivity index (χ4v) is 3.03. The Bertz CT molecular complexity index is 894. The van der Waals surface area contributed by atoms with Crippen molar-refractivity contribution in [2.24, 2.45) is 7.05 Å². The van der Waals surface area contributed by atoms with Crippen LogP contribution in [0, 0.1) is 0 Å². The van der Waals surface area contributed by atoms with Gasteiger partial charge in [-0.15, -0.1) is 0 Å². The molecular formula is C21H26N4O3. The quantitative estimate of drug-likeness (QED) is 0.826. The van der Waals surface area contributed by atoms with Gasteiger partial charge in [0.1, 0.15) is 11.4 Å². The summed E-state index contributed by atoms with van der Waals surface area (Å²) >= 11 is 0. The molecule has 1 aliphatic heterocycles. The summed E-state index contributed by atoms with van der Waals surface area (Å²) in [6.45, 7) is 6.43. The highest BCUT2D eigenvalue weighted by atomic mass is 16.6. The molecule has 7 heteroatoms. The highest BCUT2D eigenvalue weighted by Gasteiger charge is 2.29. The van der Waals surface area contributed by atoms with Gasteiger partial charge in [-0.2, -0.15) is 5.10 Å². The minimum absolute atomic E-state index is 0.246. The Hall–Kier alpha value is -3.09. The maximum absolute atomic E-state index is 12.4. The lowest BCUT2D eigenvalue weighted by atomic mass is 10.1. The number of ether oxygens (including phenoxy) is 1. The predicted molar refractivity (Wildman–Crippen MR) is 108 cm³/mol. The molecule has 2 amide bonds. The van der Waals surface area contributed by atoms with Crippen molar-refractivity contribution in [3.05, 3.63) is 53.2 Å². The molecule has 3 rings (SSSR count). The van der Waals surface area contributed by atoms with Gasteiger partial charge < -0.3 is 15.0 Å². The lowest BCUT2D eigenvalue weighted by Crippen LogP contribution is -2.39. The Balaban J connectivity index is 1.72. The van der Waals surface area contributed by atoms with Gasteiger partial charge in [-0.05, 0) is 32.4 Å². The molecule has 1 aliphatic rings. The molecule has 0 atom stereocenters. The van der Waals surface area contributed by atoms with Gasteiger partial charge in [-0.1, -0.05) is 30.3 Å². The van der Waals surface area contributed by atoms with Crippen LogP contribution in [0.5, 0.6) is 0 Å². The van der Waals surface area contributed by atoms with Crippen LogP contribution in [0.15, 0.2) is 36.4 Å². The van der Waals surface area contributed by atoms with E-state index in [1.54, 1.807) is 22.7 Å². The Kier molecular flexibility index (Phi) is 5.53. The van der Waals surface area contributed by atoms with Crippen LogP contribution in [-0.4, -0.2) is 38.8 Å². The van der Waals surface area contributed by atoms with Gasteiger partial charge >= 0.3 is 6.09 Å². The molecule has 0 unspecified atom stereocenters. The number of hydrogen-bond acceptors (Lipinski definition) is 4. The average molecular weight is 382 g/mol. The molecule has 2 aromatic rings. The molecule has 148 valence electrons. The third-order valence-corrected chi connectivity index (χ3v) is 4.32. The lowest BCUT2D eigenvalue weighted by Gasteiger charge is -2.29. The number of benzene rings is 1. The number of fused-ring (bicyclic) bond motifs is 1. The Morgan fingerprint density at radius 3 is 2.61 bits per heavy atom. The molecule has 0 bridgehead atoms. The van der Waals surface area contributed by atoms with Gasteiger partial charge in [-0.3, -0.25) is 9.48 Å². The normalized spacial score (nSPS) is 14.1. The van der Waals surface area contributed by atoms with Gasteiger partial charge in [0.05, 0.1) is 12.2 Å². The molecule has 0 spiro atoms. The Labute approximate surface area is 165 Å². The van der Waals surface area contributed by atoms with Crippen molar-refractivity contribution in [1.29, 1.82) is 0 Å². The molecule has 1 N–H and O–H groups in total. The zero-order valence-electron chi connectivity index (χ0n) is 16.7. The monoisotopic (exact) mass is 382 g/mol. The molecule has 2 heterocycles. The largest absolute Gasteiger partial charge is 0.444 e. The van der Waals surface area contributed by atoms with Crippen molar-refractivity contribution in [3.63, 3.8) is 0 Å². The fourth-order valence-electron chi connectivity index (χ4n) is 3.03. The number of aryl methyl sites for hydroxylation is 1.